The van der Waals surface area contributed by atoms with Crippen LogP contribution in [0, 0.1) is 0 Å². The summed E-state index contributed by atoms with van der Waals surface area (Å²) in [4.78, 5) is 2.44. The lowest BCUT2D eigenvalue weighted by Crippen LogP contribution is -2.16. The molecule has 92 valence electrons. The van der Waals surface area contributed by atoms with Gasteiger partial charge in [0.1, 0.15) is 0 Å². The number of benzene rings is 2. The van der Waals surface area contributed by atoms with Gasteiger partial charge in [-0.3, -0.25) is 0 Å². The topological polar surface area (TPSA) is 3.24 Å². The van der Waals surface area contributed by atoms with Crippen molar-refractivity contribution in [1.29, 1.82) is 0 Å². The fraction of sp³-hybridized carbons (Fsp3) is 0.200. The Kier molecular flexibility index (Phi) is 3.44. The van der Waals surface area contributed by atoms with Gasteiger partial charge >= 0.3 is 0 Å². The molecule has 0 saturated carbocycles. The van der Waals surface area contributed by atoms with Gasteiger partial charge in [0, 0.05) is 28.6 Å². The van der Waals surface area contributed by atoms with Crippen molar-refractivity contribution in [3.05, 3.63) is 63.6 Å². The molecule has 0 amide bonds. The summed E-state index contributed by atoms with van der Waals surface area (Å²) < 4.78 is 1.14. The first kappa shape index (κ1) is 12.2. The second-order valence-electron chi connectivity index (χ2n) is 4.53. The Morgan fingerprint density at radius 2 is 1.67 bits per heavy atom. The predicted octanol–water partition coefficient (Wildman–Crippen LogP) is 4.86. The minimum Gasteiger partial charge on any atom is -0.363 e. The number of hydrogen-bond acceptors (Lipinski definition) is 1. The first-order valence-electron chi connectivity index (χ1n) is 5.94. The summed E-state index contributed by atoms with van der Waals surface area (Å²) in [5.41, 5.74) is 5.55. The molecule has 0 unspecified atom stereocenters. The Labute approximate surface area is 124 Å². The van der Waals surface area contributed by atoms with E-state index in [9.17, 15) is 0 Å². The number of nitrogens with zero attached hydrogens (tertiary/aromatic N) is 1. The first-order chi connectivity index (χ1) is 8.78. The van der Waals surface area contributed by atoms with E-state index in [1.807, 2.05) is 0 Å². The van der Waals surface area contributed by atoms with Gasteiger partial charge in [0.25, 0.3) is 0 Å². The number of halogens is 2. The van der Waals surface area contributed by atoms with E-state index < -0.39 is 0 Å². The highest BCUT2D eigenvalue weighted by Crippen LogP contribution is 2.32. The highest BCUT2D eigenvalue weighted by atomic mass is 79.9. The van der Waals surface area contributed by atoms with Gasteiger partial charge in [0.05, 0.1) is 0 Å². The van der Waals surface area contributed by atoms with Crippen LogP contribution >= 0.6 is 31.9 Å². The van der Waals surface area contributed by atoms with Gasteiger partial charge in [-0.25, -0.2) is 0 Å². The summed E-state index contributed by atoms with van der Waals surface area (Å²) in [6, 6.07) is 15.2. The van der Waals surface area contributed by atoms with Crippen molar-refractivity contribution in [1.82, 2.24) is 0 Å². The minimum absolute atomic E-state index is 0.884. The summed E-state index contributed by atoms with van der Waals surface area (Å²) in [6.45, 7) is 2.02. The fourth-order valence-electron chi connectivity index (χ4n) is 2.47. The lowest BCUT2D eigenvalue weighted by molar-refractivity contribution is 0.874. The van der Waals surface area contributed by atoms with Crippen LogP contribution in [0.4, 0.5) is 5.69 Å². The van der Waals surface area contributed by atoms with Crippen LogP contribution in [0.5, 0.6) is 0 Å². The number of rotatable bonds is 2. The van der Waals surface area contributed by atoms with Crippen molar-refractivity contribution in [3.8, 4) is 0 Å². The zero-order valence-electron chi connectivity index (χ0n) is 9.87. The molecule has 0 atom stereocenters. The molecule has 18 heavy (non-hydrogen) atoms. The van der Waals surface area contributed by atoms with Crippen LogP contribution in [-0.4, -0.2) is 0 Å². The highest BCUT2D eigenvalue weighted by Gasteiger charge is 2.20. The number of anilines is 1. The van der Waals surface area contributed by atoms with E-state index in [-0.39, 0.29) is 0 Å². The van der Waals surface area contributed by atoms with Crippen molar-refractivity contribution in [3.63, 3.8) is 0 Å². The number of fused-ring (bicyclic) bond motifs is 1. The molecule has 3 heteroatoms. The Hall–Kier alpha value is -0.800. The Morgan fingerprint density at radius 1 is 1.00 bits per heavy atom. The van der Waals surface area contributed by atoms with E-state index >= 15 is 0 Å². The number of alkyl halides is 1. The molecule has 1 nitrogen and oxygen atoms in total. The van der Waals surface area contributed by atoms with Crippen LogP contribution in [0.1, 0.15) is 16.7 Å². The molecule has 0 radical (unpaired) electrons. The average molecular weight is 367 g/mol. The van der Waals surface area contributed by atoms with E-state index in [0.29, 0.717) is 0 Å². The summed E-state index contributed by atoms with van der Waals surface area (Å²) in [7, 11) is 0. The molecular formula is C15H13Br2N. The molecule has 0 fully saturated rings. The zero-order chi connectivity index (χ0) is 12.5. The molecule has 0 spiro atoms. The molecule has 0 bridgehead atoms. The molecule has 3 rings (SSSR count). The van der Waals surface area contributed by atoms with Gasteiger partial charge in [-0.2, -0.15) is 0 Å². The number of hydrogen-bond donors (Lipinski definition) is 0. The fourth-order valence-corrected chi connectivity index (χ4v) is 3.33. The molecule has 1 aliphatic heterocycles. The van der Waals surface area contributed by atoms with Crippen molar-refractivity contribution < 1.29 is 0 Å². The normalized spacial score (nSPS) is 13.8. The third-order valence-corrected chi connectivity index (χ3v) is 4.46. The molecular weight excluding hydrogens is 354 g/mol. The van der Waals surface area contributed by atoms with Gasteiger partial charge in [-0.1, -0.05) is 56.1 Å². The summed E-state index contributed by atoms with van der Waals surface area (Å²) >= 11 is 7.11. The molecule has 0 aliphatic carbocycles. The summed E-state index contributed by atoms with van der Waals surface area (Å²) in [6.07, 6.45) is 0. The second-order valence-corrected chi connectivity index (χ2v) is 6.01. The molecule has 1 heterocycles. The average Bonchev–Trinajstić information content (AvgIpc) is 2.82. The van der Waals surface area contributed by atoms with E-state index in [0.717, 1.165) is 22.9 Å². The van der Waals surface area contributed by atoms with Gasteiger partial charge < -0.3 is 4.90 Å². The van der Waals surface area contributed by atoms with Gasteiger partial charge in [-0.15, -0.1) is 0 Å². The maximum Gasteiger partial charge on any atom is 0.0436 e. The van der Waals surface area contributed by atoms with Gasteiger partial charge in [0.2, 0.25) is 0 Å². The van der Waals surface area contributed by atoms with Gasteiger partial charge in [-0.05, 0) is 34.9 Å². The van der Waals surface area contributed by atoms with Crippen LogP contribution in [0.3, 0.4) is 0 Å². The van der Waals surface area contributed by atoms with Gasteiger partial charge in [0.15, 0.2) is 0 Å². The van der Waals surface area contributed by atoms with Crippen molar-refractivity contribution in [2.75, 3.05) is 4.90 Å². The SMILES string of the molecule is BrCc1cc(Br)ccc1N1Cc2ccccc2C1. The predicted molar refractivity (Wildman–Crippen MR) is 83.1 cm³/mol. The molecule has 0 saturated heterocycles. The standard InChI is InChI=1S/C15H13Br2N/c16-8-13-7-14(17)5-6-15(13)18-9-11-3-1-2-4-12(11)10-18/h1-7H,8-10H2. The van der Waals surface area contributed by atoms with Crippen molar-refractivity contribution >= 4 is 37.5 Å². The minimum atomic E-state index is 0.884. The van der Waals surface area contributed by atoms with Crippen LogP contribution in [0.25, 0.3) is 0 Å². The quantitative estimate of drug-likeness (QED) is 0.685. The molecule has 1 aliphatic rings. The van der Waals surface area contributed by atoms with Crippen LogP contribution in [-0.2, 0) is 18.4 Å². The first-order valence-corrected chi connectivity index (χ1v) is 7.85. The smallest absolute Gasteiger partial charge is 0.0436 e. The molecule has 2 aromatic rings. The summed E-state index contributed by atoms with van der Waals surface area (Å²) in [5, 5.41) is 0.884. The lowest BCUT2D eigenvalue weighted by atomic mass is 10.1. The van der Waals surface area contributed by atoms with Crippen LogP contribution in [0.2, 0.25) is 0 Å². The highest BCUT2D eigenvalue weighted by molar-refractivity contribution is 9.10. The zero-order valence-corrected chi connectivity index (χ0v) is 13.0. The second kappa shape index (κ2) is 5.06. The largest absolute Gasteiger partial charge is 0.363 e. The molecule has 2 aromatic carbocycles. The van der Waals surface area contributed by atoms with E-state index in [4.69, 9.17) is 0 Å². The Balaban J connectivity index is 1.95. The third-order valence-electron chi connectivity index (χ3n) is 3.37. The Bertz CT molecular complexity index is 555. The van der Waals surface area contributed by atoms with E-state index in [1.54, 1.807) is 0 Å². The van der Waals surface area contributed by atoms with Crippen LogP contribution in [0.15, 0.2) is 46.9 Å². The maximum absolute atomic E-state index is 3.58. The third kappa shape index (κ3) is 2.21. The molecule has 0 aromatic heterocycles. The lowest BCUT2D eigenvalue weighted by Gasteiger charge is -2.21. The maximum atomic E-state index is 3.58. The Morgan fingerprint density at radius 3 is 2.28 bits per heavy atom. The molecule has 0 N–H and O–H groups in total. The van der Waals surface area contributed by atoms with Crippen molar-refractivity contribution in [2.45, 2.75) is 18.4 Å². The van der Waals surface area contributed by atoms with E-state index in [1.165, 1.54) is 22.4 Å². The van der Waals surface area contributed by atoms with E-state index in [2.05, 4.69) is 79.2 Å². The monoisotopic (exact) mass is 365 g/mol. The summed E-state index contributed by atoms with van der Waals surface area (Å²) in [5.74, 6) is 0. The van der Waals surface area contributed by atoms with Crippen molar-refractivity contribution in [2.24, 2.45) is 0 Å². The van der Waals surface area contributed by atoms with Crippen LogP contribution < -0.4 is 4.90 Å².